The molecule has 2 rings (SSSR count). The molecule has 5 heteroatoms. The van der Waals surface area contributed by atoms with Gasteiger partial charge in [0.15, 0.2) is 17.3 Å². The molecule has 0 aliphatic carbocycles. The summed E-state index contributed by atoms with van der Waals surface area (Å²) in [5, 5.41) is 0.362. The molecule has 0 N–H and O–H groups in total. The second kappa shape index (κ2) is 7.29. The molecule has 23 heavy (non-hydrogen) atoms. The topological polar surface area (TPSA) is 52.6 Å². The Kier molecular flexibility index (Phi) is 5.40. The Balaban J connectivity index is 2.61. The first-order valence-electron chi connectivity index (χ1n) is 7.01. The summed E-state index contributed by atoms with van der Waals surface area (Å²) in [5.74, 6) is 0.591. The molecule has 0 aliphatic rings. The maximum atomic E-state index is 12.8. The van der Waals surface area contributed by atoms with Gasteiger partial charge < -0.3 is 9.47 Å². The van der Waals surface area contributed by atoms with E-state index in [0.29, 0.717) is 33.2 Å². The van der Waals surface area contributed by atoms with Gasteiger partial charge in [-0.25, -0.2) is 0 Å². The number of rotatable bonds is 6. The van der Waals surface area contributed by atoms with Crippen molar-refractivity contribution in [3.05, 3.63) is 58.1 Å². The fraction of sp³-hybridized carbons (Fsp3) is 0.222. The first-order valence-corrected chi connectivity index (χ1v) is 7.39. The first kappa shape index (κ1) is 17.0. The van der Waals surface area contributed by atoms with Crippen LogP contribution in [0, 0.1) is 0 Å². The minimum atomic E-state index is -0.257. The van der Waals surface area contributed by atoms with E-state index in [4.69, 9.17) is 21.1 Å². The molecule has 0 saturated carbocycles. The van der Waals surface area contributed by atoms with Gasteiger partial charge in [-0.3, -0.25) is 9.59 Å². The quantitative estimate of drug-likeness (QED) is 0.756. The van der Waals surface area contributed by atoms with Crippen LogP contribution in [0.2, 0.25) is 5.02 Å². The van der Waals surface area contributed by atoms with E-state index in [9.17, 15) is 9.59 Å². The molecule has 0 heterocycles. The summed E-state index contributed by atoms with van der Waals surface area (Å²) < 4.78 is 10.5. The van der Waals surface area contributed by atoms with Gasteiger partial charge in [-0.05, 0) is 36.8 Å². The fourth-order valence-electron chi connectivity index (χ4n) is 2.34. The number of ether oxygens (including phenoxy) is 2. The molecule has 0 saturated heterocycles. The van der Waals surface area contributed by atoms with Crippen LogP contribution in [-0.4, -0.2) is 25.8 Å². The molecule has 4 nitrogen and oxygen atoms in total. The summed E-state index contributed by atoms with van der Waals surface area (Å²) in [6.45, 7) is 1.47. The lowest BCUT2D eigenvalue weighted by Gasteiger charge is -2.14. The van der Waals surface area contributed by atoms with Gasteiger partial charge in [-0.15, -0.1) is 0 Å². The molecule has 2 aromatic rings. The molecular weight excluding hydrogens is 316 g/mol. The summed E-state index contributed by atoms with van der Waals surface area (Å²) in [5.41, 5.74) is 1.34. The molecule has 0 radical (unpaired) electrons. The highest BCUT2D eigenvalue weighted by atomic mass is 35.5. The van der Waals surface area contributed by atoms with Crippen LogP contribution in [0.1, 0.15) is 28.4 Å². The van der Waals surface area contributed by atoms with Crippen LogP contribution < -0.4 is 9.47 Å². The summed E-state index contributed by atoms with van der Waals surface area (Å²) in [4.78, 5) is 24.4. The van der Waals surface area contributed by atoms with Crippen molar-refractivity contribution in [1.29, 1.82) is 0 Å². The van der Waals surface area contributed by atoms with Crippen molar-refractivity contribution in [2.45, 2.75) is 13.3 Å². The van der Waals surface area contributed by atoms with E-state index in [0.717, 1.165) is 0 Å². The van der Waals surface area contributed by atoms with Gasteiger partial charge in [0.2, 0.25) is 0 Å². The molecule has 0 bridgehead atoms. The minimum Gasteiger partial charge on any atom is -0.493 e. The zero-order chi connectivity index (χ0) is 17.0. The van der Waals surface area contributed by atoms with Gasteiger partial charge in [-0.2, -0.15) is 0 Å². The Labute approximate surface area is 140 Å². The van der Waals surface area contributed by atoms with Crippen LogP contribution >= 0.6 is 11.6 Å². The van der Waals surface area contributed by atoms with Crippen LogP contribution in [0.15, 0.2) is 36.4 Å². The van der Waals surface area contributed by atoms with Crippen molar-refractivity contribution in [1.82, 2.24) is 0 Å². The second-order valence-corrected chi connectivity index (χ2v) is 5.46. The Morgan fingerprint density at radius 3 is 2.17 bits per heavy atom. The van der Waals surface area contributed by atoms with Crippen molar-refractivity contribution in [3.8, 4) is 11.5 Å². The fourth-order valence-corrected chi connectivity index (χ4v) is 2.56. The van der Waals surface area contributed by atoms with Gasteiger partial charge in [0.05, 0.1) is 19.2 Å². The van der Waals surface area contributed by atoms with E-state index in [1.807, 2.05) is 0 Å². The monoisotopic (exact) mass is 332 g/mol. The predicted molar refractivity (Wildman–Crippen MR) is 88.8 cm³/mol. The maximum Gasteiger partial charge on any atom is 0.194 e. The van der Waals surface area contributed by atoms with Crippen LogP contribution in [0.25, 0.3) is 0 Å². The zero-order valence-electron chi connectivity index (χ0n) is 13.2. The van der Waals surface area contributed by atoms with E-state index < -0.39 is 0 Å². The van der Waals surface area contributed by atoms with Crippen molar-refractivity contribution >= 4 is 23.2 Å². The number of ketones is 2. The van der Waals surface area contributed by atoms with E-state index in [1.165, 1.54) is 21.1 Å². The lowest BCUT2D eigenvalue weighted by atomic mass is 9.95. The Morgan fingerprint density at radius 2 is 1.61 bits per heavy atom. The van der Waals surface area contributed by atoms with Gasteiger partial charge in [0.1, 0.15) is 5.78 Å². The van der Waals surface area contributed by atoms with E-state index in [1.54, 1.807) is 36.4 Å². The molecule has 0 aromatic heterocycles. The zero-order valence-corrected chi connectivity index (χ0v) is 13.9. The van der Waals surface area contributed by atoms with Crippen LogP contribution in [0.3, 0.4) is 0 Å². The molecule has 0 atom stereocenters. The molecule has 0 aliphatic heterocycles. The number of benzene rings is 2. The molecular formula is C18H17ClO4. The first-order chi connectivity index (χ1) is 11.0. The Bertz CT molecular complexity index is 753. The lowest BCUT2D eigenvalue weighted by Crippen LogP contribution is -2.10. The average Bonchev–Trinajstić information content (AvgIpc) is 2.53. The number of hydrogen-bond acceptors (Lipinski definition) is 4. The second-order valence-electron chi connectivity index (χ2n) is 5.05. The largest absolute Gasteiger partial charge is 0.493 e. The number of carbonyl (C=O) groups is 2. The highest BCUT2D eigenvalue weighted by Gasteiger charge is 2.20. The highest BCUT2D eigenvalue weighted by Crippen LogP contribution is 2.33. The maximum absolute atomic E-state index is 12.8. The normalized spacial score (nSPS) is 10.3. The summed E-state index contributed by atoms with van der Waals surface area (Å²) >= 11 is 6.12. The number of halogens is 1. The highest BCUT2D eigenvalue weighted by molar-refractivity contribution is 6.35. The van der Waals surface area contributed by atoms with Crippen molar-refractivity contribution in [2.24, 2.45) is 0 Å². The SMILES string of the molecule is COc1cc(CC(C)=O)c(C(=O)c2ccccc2Cl)cc1OC. The average molecular weight is 333 g/mol. The summed E-state index contributed by atoms with van der Waals surface area (Å²) in [6.07, 6.45) is 0.131. The molecule has 0 unspecified atom stereocenters. The molecule has 120 valence electrons. The van der Waals surface area contributed by atoms with Crippen molar-refractivity contribution < 1.29 is 19.1 Å². The third kappa shape index (κ3) is 3.71. The predicted octanol–water partition coefficient (Wildman–Crippen LogP) is 3.72. The van der Waals surface area contributed by atoms with Crippen molar-refractivity contribution in [2.75, 3.05) is 14.2 Å². The van der Waals surface area contributed by atoms with Gasteiger partial charge in [-0.1, -0.05) is 23.7 Å². The summed E-state index contributed by atoms with van der Waals surface area (Å²) in [7, 11) is 3.00. The molecule has 0 spiro atoms. The number of methoxy groups -OCH3 is 2. The minimum absolute atomic E-state index is 0.0505. The lowest BCUT2D eigenvalue weighted by molar-refractivity contribution is -0.116. The number of hydrogen-bond donors (Lipinski definition) is 0. The van der Waals surface area contributed by atoms with E-state index in [-0.39, 0.29) is 18.0 Å². The molecule has 0 fully saturated rings. The van der Waals surface area contributed by atoms with Gasteiger partial charge in [0.25, 0.3) is 0 Å². The van der Waals surface area contributed by atoms with Crippen LogP contribution in [-0.2, 0) is 11.2 Å². The molecule has 0 amide bonds. The number of Topliss-reactive ketones (excluding diaryl/α,β-unsaturated/α-hetero) is 1. The standard InChI is InChI=1S/C18H17ClO4/c1-11(20)8-12-9-16(22-2)17(23-3)10-14(12)18(21)13-6-4-5-7-15(13)19/h4-7,9-10H,8H2,1-3H3. The van der Waals surface area contributed by atoms with E-state index in [2.05, 4.69) is 0 Å². The van der Waals surface area contributed by atoms with Crippen LogP contribution in [0.5, 0.6) is 11.5 Å². The number of carbonyl (C=O) groups excluding carboxylic acids is 2. The smallest absolute Gasteiger partial charge is 0.194 e. The third-order valence-corrected chi connectivity index (χ3v) is 3.74. The van der Waals surface area contributed by atoms with Crippen LogP contribution in [0.4, 0.5) is 0 Å². The van der Waals surface area contributed by atoms with Gasteiger partial charge in [0, 0.05) is 17.5 Å². The van der Waals surface area contributed by atoms with E-state index >= 15 is 0 Å². The molecule has 2 aromatic carbocycles. The Morgan fingerprint density at radius 1 is 1.00 bits per heavy atom. The third-order valence-electron chi connectivity index (χ3n) is 3.41. The van der Waals surface area contributed by atoms with Gasteiger partial charge >= 0.3 is 0 Å². The van der Waals surface area contributed by atoms with Crippen molar-refractivity contribution in [3.63, 3.8) is 0 Å². The summed E-state index contributed by atoms with van der Waals surface area (Å²) in [6, 6.07) is 10.0. The Hall–Kier alpha value is -2.33.